The van der Waals surface area contributed by atoms with Crippen LogP contribution in [0.25, 0.3) is 0 Å². The Morgan fingerprint density at radius 1 is 1.46 bits per heavy atom. The molecule has 0 unspecified atom stereocenters. The standard InChI is InChI=1S/C11H18O2/c1-11(2)7-5-9(11)8(3-4-12)10(13)6-7/h4,7-10,13H,3,5-6H2,1-2H3/t7-,8+,9+,10-/m1/s1. The number of aliphatic hydroxyl groups excluding tert-OH is 1. The summed E-state index contributed by atoms with van der Waals surface area (Å²) in [5, 5.41) is 9.77. The van der Waals surface area contributed by atoms with Crippen LogP contribution in [0.4, 0.5) is 0 Å². The third kappa shape index (κ3) is 1.15. The van der Waals surface area contributed by atoms with E-state index in [0.717, 1.165) is 12.7 Å². The van der Waals surface area contributed by atoms with Crippen LogP contribution >= 0.6 is 0 Å². The summed E-state index contributed by atoms with van der Waals surface area (Å²) in [6, 6.07) is 0. The largest absolute Gasteiger partial charge is 0.393 e. The molecule has 3 fully saturated rings. The highest BCUT2D eigenvalue weighted by Gasteiger charge is 2.56. The van der Waals surface area contributed by atoms with Crippen molar-refractivity contribution in [1.29, 1.82) is 0 Å². The lowest BCUT2D eigenvalue weighted by molar-refractivity contribution is -0.163. The first kappa shape index (κ1) is 9.20. The van der Waals surface area contributed by atoms with Crippen LogP contribution in [0.5, 0.6) is 0 Å². The molecule has 0 saturated heterocycles. The van der Waals surface area contributed by atoms with Crippen molar-refractivity contribution in [3.05, 3.63) is 0 Å². The Morgan fingerprint density at radius 3 is 2.69 bits per heavy atom. The van der Waals surface area contributed by atoms with Crippen molar-refractivity contribution in [3.63, 3.8) is 0 Å². The Labute approximate surface area is 79.3 Å². The van der Waals surface area contributed by atoms with E-state index in [1.54, 1.807) is 0 Å². The summed E-state index contributed by atoms with van der Waals surface area (Å²) in [6.45, 7) is 4.55. The van der Waals surface area contributed by atoms with Gasteiger partial charge in [0.2, 0.25) is 0 Å². The first-order chi connectivity index (χ1) is 6.07. The van der Waals surface area contributed by atoms with Crippen molar-refractivity contribution in [3.8, 4) is 0 Å². The van der Waals surface area contributed by atoms with Gasteiger partial charge in [-0.15, -0.1) is 0 Å². The van der Waals surface area contributed by atoms with Crippen molar-refractivity contribution in [2.24, 2.45) is 23.2 Å². The highest BCUT2D eigenvalue weighted by atomic mass is 16.3. The molecule has 1 N–H and O–H groups in total. The second-order valence-corrected chi connectivity index (χ2v) is 5.23. The number of hydrogen-bond donors (Lipinski definition) is 1. The van der Waals surface area contributed by atoms with Gasteiger partial charge < -0.3 is 9.90 Å². The second kappa shape index (κ2) is 2.81. The van der Waals surface area contributed by atoms with Crippen LogP contribution in [0.3, 0.4) is 0 Å². The Kier molecular flexibility index (Phi) is 1.99. The van der Waals surface area contributed by atoms with E-state index in [4.69, 9.17) is 0 Å². The van der Waals surface area contributed by atoms with E-state index in [-0.39, 0.29) is 12.0 Å². The van der Waals surface area contributed by atoms with Crippen LogP contribution in [-0.4, -0.2) is 17.5 Å². The molecule has 2 nitrogen and oxygen atoms in total. The molecule has 2 bridgehead atoms. The lowest BCUT2D eigenvalue weighted by atomic mass is 9.44. The number of carbonyl (C=O) groups is 1. The van der Waals surface area contributed by atoms with Gasteiger partial charge in [-0.3, -0.25) is 0 Å². The molecule has 74 valence electrons. The van der Waals surface area contributed by atoms with Gasteiger partial charge in [-0.25, -0.2) is 0 Å². The molecule has 2 heteroatoms. The maximum Gasteiger partial charge on any atom is 0.120 e. The quantitative estimate of drug-likeness (QED) is 0.659. The summed E-state index contributed by atoms with van der Waals surface area (Å²) >= 11 is 0. The van der Waals surface area contributed by atoms with Gasteiger partial charge in [0.15, 0.2) is 0 Å². The molecule has 3 rings (SSSR count). The molecular weight excluding hydrogens is 164 g/mol. The van der Waals surface area contributed by atoms with E-state index in [1.807, 2.05) is 0 Å². The fraction of sp³-hybridized carbons (Fsp3) is 0.909. The van der Waals surface area contributed by atoms with Gasteiger partial charge in [-0.1, -0.05) is 13.8 Å². The van der Waals surface area contributed by atoms with Crippen molar-refractivity contribution < 1.29 is 9.90 Å². The minimum Gasteiger partial charge on any atom is -0.393 e. The summed E-state index contributed by atoms with van der Waals surface area (Å²) in [4.78, 5) is 10.5. The fourth-order valence-corrected chi connectivity index (χ4v) is 3.35. The Bertz CT molecular complexity index is 222. The van der Waals surface area contributed by atoms with Crippen LogP contribution in [-0.2, 0) is 4.79 Å². The zero-order valence-electron chi connectivity index (χ0n) is 8.36. The van der Waals surface area contributed by atoms with Crippen molar-refractivity contribution in [2.75, 3.05) is 0 Å². The Morgan fingerprint density at radius 2 is 2.15 bits per heavy atom. The first-order valence-electron chi connectivity index (χ1n) is 5.19. The van der Waals surface area contributed by atoms with E-state index >= 15 is 0 Å². The monoisotopic (exact) mass is 182 g/mol. The number of rotatable bonds is 2. The minimum absolute atomic E-state index is 0.220. The molecule has 0 aromatic rings. The summed E-state index contributed by atoms with van der Waals surface area (Å²) in [5.74, 6) is 1.50. The predicted octanol–water partition coefficient (Wildman–Crippen LogP) is 1.62. The zero-order valence-corrected chi connectivity index (χ0v) is 8.36. The molecule has 0 spiro atoms. The molecule has 0 aliphatic heterocycles. The number of aldehydes is 1. The molecule has 0 aromatic heterocycles. The van der Waals surface area contributed by atoms with Gasteiger partial charge in [0.1, 0.15) is 6.29 Å². The third-order valence-electron chi connectivity index (χ3n) is 4.45. The molecule has 0 radical (unpaired) electrons. The maximum atomic E-state index is 10.5. The fourth-order valence-electron chi connectivity index (χ4n) is 3.35. The van der Waals surface area contributed by atoms with Gasteiger partial charge in [0.05, 0.1) is 6.10 Å². The lowest BCUT2D eigenvalue weighted by Gasteiger charge is -2.61. The third-order valence-corrected chi connectivity index (χ3v) is 4.45. The summed E-state index contributed by atoms with van der Waals surface area (Å²) in [7, 11) is 0. The molecule has 0 heterocycles. The smallest absolute Gasteiger partial charge is 0.120 e. The summed E-state index contributed by atoms with van der Waals surface area (Å²) in [5.41, 5.74) is 0.368. The average Bonchev–Trinajstić information content (AvgIpc) is 2.08. The topological polar surface area (TPSA) is 37.3 Å². The minimum atomic E-state index is -0.220. The predicted molar refractivity (Wildman–Crippen MR) is 50.2 cm³/mol. The van der Waals surface area contributed by atoms with E-state index in [0.29, 0.717) is 23.7 Å². The van der Waals surface area contributed by atoms with E-state index < -0.39 is 0 Å². The van der Waals surface area contributed by atoms with E-state index in [2.05, 4.69) is 13.8 Å². The number of carbonyl (C=O) groups excluding carboxylic acids is 1. The normalized spacial score (nSPS) is 46.7. The molecule has 3 saturated carbocycles. The molecule has 4 atom stereocenters. The molecule has 0 aromatic carbocycles. The summed E-state index contributed by atoms with van der Waals surface area (Å²) in [6.07, 6.45) is 3.41. The van der Waals surface area contributed by atoms with Crippen LogP contribution in [0, 0.1) is 23.2 Å². The molecule has 3 aliphatic rings. The highest BCUT2D eigenvalue weighted by molar-refractivity contribution is 5.50. The maximum absolute atomic E-state index is 10.5. The van der Waals surface area contributed by atoms with Gasteiger partial charge in [0.25, 0.3) is 0 Å². The molecular formula is C11H18O2. The van der Waals surface area contributed by atoms with Crippen LogP contribution in [0.2, 0.25) is 0 Å². The van der Waals surface area contributed by atoms with Gasteiger partial charge in [-0.2, -0.15) is 0 Å². The number of fused-ring (bicyclic) bond motifs is 2. The zero-order chi connectivity index (χ0) is 9.64. The van der Waals surface area contributed by atoms with Crippen LogP contribution < -0.4 is 0 Å². The molecule has 13 heavy (non-hydrogen) atoms. The number of hydrogen-bond acceptors (Lipinski definition) is 2. The summed E-state index contributed by atoms with van der Waals surface area (Å²) < 4.78 is 0. The van der Waals surface area contributed by atoms with Gasteiger partial charge in [-0.05, 0) is 36.0 Å². The first-order valence-corrected chi connectivity index (χ1v) is 5.19. The van der Waals surface area contributed by atoms with Crippen molar-refractivity contribution in [1.82, 2.24) is 0 Å². The SMILES string of the molecule is CC1(C)[C@H]2C[C@@H](O)[C@@H](CC=O)[C@@H]1C2. The molecule has 3 aliphatic carbocycles. The Hall–Kier alpha value is -0.370. The highest BCUT2D eigenvalue weighted by Crippen LogP contribution is 2.61. The van der Waals surface area contributed by atoms with Gasteiger partial charge >= 0.3 is 0 Å². The van der Waals surface area contributed by atoms with E-state index in [9.17, 15) is 9.90 Å². The Balaban J connectivity index is 2.12. The average molecular weight is 182 g/mol. The lowest BCUT2D eigenvalue weighted by Crippen LogP contribution is -2.57. The number of aliphatic hydroxyl groups is 1. The van der Waals surface area contributed by atoms with E-state index in [1.165, 1.54) is 6.42 Å². The second-order valence-electron chi connectivity index (χ2n) is 5.23. The van der Waals surface area contributed by atoms with Gasteiger partial charge in [0, 0.05) is 6.42 Å². The van der Waals surface area contributed by atoms with Crippen molar-refractivity contribution >= 4 is 6.29 Å². The van der Waals surface area contributed by atoms with Crippen molar-refractivity contribution in [2.45, 2.75) is 39.2 Å². The molecule has 0 amide bonds. The van der Waals surface area contributed by atoms with Crippen LogP contribution in [0.15, 0.2) is 0 Å². The van der Waals surface area contributed by atoms with Crippen LogP contribution in [0.1, 0.15) is 33.1 Å².